The fourth-order valence-corrected chi connectivity index (χ4v) is 3.92. The summed E-state index contributed by atoms with van der Waals surface area (Å²) in [6.07, 6.45) is 1.49. The molecule has 158 valence electrons. The lowest BCUT2D eigenvalue weighted by atomic mass is 10.2. The summed E-state index contributed by atoms with van der Waals surface area (Å²) in [5.41, 5.74) is 4.37. The molecule has 2 heterocycles. The van der Waals surface area contributed by atoms with Crippen molar-refractivity contribution < 1.29 is 18.8 Å². The van der Waals surface area contributed by atoms with Crippen LogP contribution < -0.4 is 5.32 Å². The van der Waals surface area contributed by atoms with E-state index in [2.05, 4.69) is 15.6 Å². The van der Waals surface area contributed by atoms with Gasteiger partial charge in [-0.1, -0.05) is 11.2 Å². The molecule has 3 aromatic rings. The largest absolute Gasteiger partial charge is 0.462 e. The van der Waals surface area contributed by atoms with Crippen LogP contribution in [0, 0.1) is 20.8 Å². The zero-order valence-electron chi connectivity index (χ0n) is 17.4. The van der Waals surface area contributed by atoms with E-state index in [1.54, 1.807) is 18.5 Å². The molecule has 0 radical (unpaired) electrons. The molecule has 0 aliphatic rings. The van der Waals surface area contributed by atoms with Crippen molar-refractivity contribution in [3.8, 4) is 5.69 Å². The van der Waals surface area contributed by atoms with Crippen molar-refractivity contribution >= 4 is 29.3 Å². The molecule has 0 atom stereocenters. The molecule has 0 unspecified atom stereocenters. The van der Waals surface area contributed by atoms with Gasteiger partial charge in [-0.05, 0) is 45.9 Å². The van der Waals surface area contributed by atoms with Crippen LogP contribution in [0.5, 0.6) is 0 Å². The number of carbonyl (C=O) groups is 2. The third-order valence-electron chi connectivity index (χ3n) is 4.54. The van der Waals surface area contributed by atoms with Gasteiger partial charge in [0.25, 0.3) is 0 Å². The van der Waals surface area contributed by atoms with E-state index in [0.29, 0.717) is 35.1 Å². The molecular formula is C21H24N4O4S. The molecular weight excluding hydrogens is 404 g/mol. The van der Waals surface area contributed by atoms with Crippen LogP contribution in [-0.4, -0.2) is 39.2 Å². The maximum absolute atomic E-state index is 12.3. The lowest BCUT2D eigenvalue weighted by Crippen LogP contribution is -2.14. The molecule has 2 aromatic heterocycles. The number of carbonyl (C=O) groups excluding carboxylic acids is 2. The summed E-state index contributed by atoms with van der Waals surface area (Å²) >= 11 is 1.50. The smallest absolute Gasteiger partial charge is 0.341 e. The van der Waals surface area contributed by atoms with E-state index in [1.807, 2.05) is 38.1 Å². The van der Waals surface area contributed by atoms with Crippen molar-refractivity contribution in [3.63, 3.8) is 0 Å². The molecule has 0 saturated heterocycles. The van der Waals surface area contributed by atoms with Gasteiger partial charge in [-0.2, -0.15) is 5.10 Å². The van der Waals surface area contributed by atoms with Crippen LogP contribution in [0.2, 0.25) is 0 Å². The second-order valence-electron chi connectivity index (χ2n) is 6.67. The van der Waals surface area contributed by atoms with Crippen molar-refractivity contribution in [2.75, 3.05) is 17.7 Å². The Kier molecular flexibility index (Phi) is 6.94. The summed E-state index contributed by atoms with van der Waals surface area (Å²) in [6, 6.07) is 7.31. The maximum atomic E-state index is 12.3. The number of rotatable bonds is 8. The highest BCUT2D eigenvalue weighted by molar-refractivity contribution is 7.99. The van der Waals surface area contributed by atoms with Crippen molar-refractivity contribution in [1.29, 1.82) is 0 Å². The number of nitrogens with zero attached hydrogens (tertiary/aromatic N) is 3. The lowest BCUT2D eigenvalue weighted by Gasteiger charge is -2.09. The van der Waals surface area contributed by atoms with E-state index in [4.69, 9.17) is 9.26 Å². The summed E-state index contributed by atoms with van der Waals surface area (Å²) in [6.45, 7) is 7.63. The monoisotopic (exact) mass is 428 g/mol. The molecule has 3 rings (SSSR count). The van der Waals surface area contributed by atoms with Gasteiger partial charge in [0, 0.05) is 17.0 Å². The van der Waals surface area contributed by atoms with Crippen LogP contribution in [0.1, 0.15) is 40.0 Å². The lowest BCUT2D eigenvalue weighted by molar-refractivity contribution is -0.113. The Morgan fingerprint density at radius 2 is 2.07 bits per heavy atom. The average molecular weight is 429 g/mol. The number of thioether (sulfide) groups is 1. The normalized spacial score (nSPS) is 10.8. The SMILES string of the molecule is CCOC(=O)c1cnn(-c2cccc(NC(=O)CSCc3c(C)noc3C)c2)c1C. The van der Waals surface area contributed by atoms with Crippen molar-refractivity contribution in [1.82, 2.24) is 14.9 Å². The Balaban J connectivity index is 1.63. The molecule has 1 amide bonds. The minimum Gasteiger partial charge on any atom is -0.462 e. The van der Waals surface area contributed by atoms with Gasteiger partial charge in [0.1, 0.15) is 11.3 Å². The average Bonchev–Trinajstić information content (AvgIpc) is 3.25. The van der Waals surface area contributed by atoms with E-state index in [0.717, 1.165) is 22.7 Å². The number of ether oxygens (including phenoxy) is 1. The molecule has 0 saturated carbocycles. The van der Waals surface area contributed by atoms with E-state index >= 15 is 0 Å². The molecule has 1 aromatic carbocycles. The second-order valence-corrected chi connectivity index (χ2v) is 7.66. The van der Waals surface area contributed by atoms with Gasteiger partial charge in [0.15, 0.2) is 0 Å². The molecule has 0 bridgehead atoms. The third kappa shape index (κ3) is 4.91. The summed E-state index contributed by atoms with van der Waals surface area (Å²) in [4.78, 5) is 24.3. The zero-order valence-corrected chi connectivity index (χ0v) is 18.2. The van der Waals surface area contributed by atoms with Crippen LogP contribution in [0.4, 0.5) is 5.69 Å². The standard InChI is InChI=1S/C21H24N4O4S/c1-5-28-21(27)18-10-22-25(14(18)3)17-8-6-7-16(9-17)23-20(26)12-30-11-19-13(2)24-29-15(19)4/h6-10H,5,11-12H2,1-4H3,(H,23,26). The van der Waals surface area contributed by atoms with Crippen LogP contribution in [0.25, 0.3) is 5.69 Å². The fourth-order valence-electron chi connectivity index (χ4n) is 2.95. The Hall–Kier alpha value is -3.07. The van der Waals surface area contributed by atoms with Gasteiger partial charge < -0.3 is 14.6 Å². The highest BCUT2D eigenvalue weighted by Crippen LogP contribution is 2.21. The number of hydrogen-bond acceptors (Lipinski definition) is 7. The predicted octanol–water partition coefficient (Wildman–Crippen LogP) is 3.83. The van der Waals surface area contributed by atoms with E-state index in [1.165, 1.54) is 18.0 Å². The van der Waals surface area contributed by atoms with Gasteiger partial charge in [-0.25, -0.2) is 9.48 Å². The summed E-state index contributed by atoms with van der Waals surface area (Å²) < 4.78 is 11.8. The first-order chi connectivity index (χ1) is 14.4. The maximum Gasteiger partial charge on any atom is 0.341 e. The first-order valence-electron chi connectivity index (χ1n) is 9.52. The highest BCUT2D eigenvalue weighted by Gasteiger charge is 2.16. The molecule has 0 fully saturated rings. The topological polar surface area (TPSA) is 99.2 Å². The molecule has 1 N–H and O–H groups in total. The Bertz CT molecular complexity index is 1040. The summed E-state index contributed by atoms with van der Waals surface area (Å²) in [7, 11) is 0. The Morgan fingerprint density at radius 3 is 2.77 bits per heavy atom. The number of hydrogen-bond donors (Lipinski definition) is 1. The minimum absolute atomic E-state index is 0.103. The second kappa shape index (κ2) is 9.62. The fraction of sp³-hybridized carbons (Fsp3) is 0.333. The van der Waals surface area contributed by atoms with Crippen molar-refractivity contribution in [3.05, 3.63) is 58.7 Å². The quantitative estimate of drug-likeness (QED) is 0.544. The van der Waals surface area contributed by atoms with Gasteiger partial charge in [0.2, 0.25) is 5.91 Å². The molecule has 9 heteroatoms. The molecule has 0 spiro atoms. The van der Waals surface area contributed by atoms with Gasteiger partial charge >= 0.3 is 5.97 Å². The minimum atomic E-state index is -0.402. The number of aryl methyl sites for hydroxylation is 2. The van der Waals surface area contributed by atoms with Crippen LogP contribution in [0.3, 0.4) is 0 Å². The van der Waals surface area contributed by atoms with E-state index < -0.39 is 5.97 Å². The predicted molar refractivity (Wildman–Crippen MR) is 115 cm³/mol. The number of anilines is 1. The molecule has 8 nitrogen and oxygen atoms in total. The van der Waals surface area contributed by atoms with Crippen LogP contribution in [0.15, 0.2) is 35.0 Å². The molecule has 0 aliphatic heterocycles. The molecule has 30 heavy (non-hydrogen) atoms. The summed E-state index contributed by atoms with van der Waals surface area (Å²) in [5, 5.41) is 11.1. The Labute approximate surface area is 179 Å². The van der Waals surface area contributed by atoms with Crippen LogP contribution in [-0.2, 0) is 15.3 Å². The van der Waals surface area contributed by atoms with Crippen molar-refractivity contribution in [2.24, 2.45) is 0 Å². The third-order valence-corrected chi connectivity index (χ3v) is 5.50. The first-order valence-corrected chi connectivity index (χ1v) is 10.7. The Morgan fingerprint density at radius 1 is 1.27 bits per heavy atom. The summed E-state index contributed by atoms with van der Waals surface area (Å²) in [5.74, 6) is 1.25. The number of esters is 1. The number of benzene rings is 1. The van der Waals surface area contributed by atoms with Crippen molar-refractivity contribution in [2.45, 2.75) is 33.4 Å². The number of aromatic nitrogens is 3. The highest BCUT2D eigenvalue weighted by atomic mass is 32.2. The van der Waals surface area contributed by atoms with Crippen LogP contribution >= 0.6 is 11.8 Å². The van der Waals surface area contributed by atoms with Gasteiger partial charge in [-0.15, -0.1) is 11.8 Å². The zero-order chi connectivity index (χ0) is 21.7. The molecule has 0 aliphatic carbocycles. The van der Waals surface area contributed by atoms with Gasteiger partial charge in [-0.3, -0.25) is 4.79 Å². The van der Waals surface area contributed by atoms with E-state index in [-0.39, 0.29) is 5.91 Å². The van der Waals surface area contributed by atoms with E-state index in [9.17, 15) is 9.59 Å². The van der Waals surface area contributed by atoms with Gasteiger partial charge in [0.05, 0.1) is 35.6 Å². The number of amides is 1. The number of nitrogens with one attached hydrogen (secondary N) is 1. The first kappa shape index (κ1) is 21.6.